The molecule has 16 heavy (non-hydrogen) atoms. The third-order valence-electron chi connectivity index (χ3n) is 3.10. The van der Waals surface area contributed by atoms with E-state index in [9.17, 15) is 0 Å². The highest BCUT2D eigenvalue weighted by molar-refractivity contribution is 8.01. The van der Waals surface area contributed by atoms with Crippen molar-refractivity contribution in [1.29, 1.82) is 0 Å². The Hall–Kier alpha value is -1.21. The van der Waals surface area contributed by atoms with Gasteiger partial charge in [-0.2, -0.15) is 0 Å². The first-order chi connectivity index (χ1) is 7.93. The molecule has 0 nitrogen and oxygen atoms in total. The average Bonchev–Trinajstić information content (AvgIpc) is 2.30. The Morgan fingerprint density at radius 1 is 0.688 bits per heavy atom. The lowest BCUT2D eigenvalue weighted by Gasteiger charge is -2.35. The van der Waals surface area contributed by atoms with E-state index in [1.165, 1.54) is 17.5 Å². The van der Waals surface area contributed by atoms with Crippen molar-refractivity contribution < 1.29 is 0 Å². The SMILES string of the molecule is c1ccc([C@@H]2C[C@@H](c3ccccc3)S2)cc1. The van der Waals surface area contributed by atoms with Crippen LogP contribution in [-0.2, 0) is 0 Å². The van der Waals surface area contributed by atoms with Crippen molar-refractivity contribution in [3.05, 3.63) is 71.8 Å². The molecule has 2 aromatic rings. The molecule has 0 N–H and O–H groups in total. The summed E-state index contributed by atoms with van der Waals surface area (Å²) in [5, 5.41) is 1.40. The molecule has 3 rings (SSSR count). The van der Waals surface area contributed by atoms with Crippen LogP contribution in [0, 0.1) is 0 Å². The third-order valence-corrected chi connectivity index (χ3v) is 4.69. The van der Waals surface area contributed by atoms with Crippen LogP contribution in [-0.4, -0.2) is 0 Å². The zero-order valence-corrected chi connectivity index (χ0v) is 9.86. The van der Waals surface area contributed by atoms with Crippen LogP contribution in [0.1, 0.15) is 28.0 Å². The van der Waals surface area contributed by atoms with E-state index in [-0.39, 0.29) is 0 Å². The first kappa shape index (κ1) is 9.98. The van der Waals surface area contributed by atoms with Crippen LogP contribution in [0.15, 0.2) is 60.7 Å². The maximum atomic E-state index is 2.24. The molecule has 0 amide bonds. The topological polar surface area (TPSA) is 0 Å². The number of thioether (sulfide) groups is 1. The molecule has 1 saturated heterocycles. The lowest BCUT2D eigenvalue weighted by Crippen LogP contribution is -2.12. The van der Waals surface area contributed by atoms with Gasteiger partial charge in [-0.05, 0) is 17.5 Å². The maximum Gasteiger partial charge on any atom is 0.0317 e. The van der Waals surface area contributed by atoms with Gasteiger partial charge in [0.1, 0.15) is 0 Å². The summed E-state index contributed by atoms with van der Waals surface area (Å²) in [6.45, 7) is 0. The zero-order valence-electron chi connectivity index (χ0n) is 9.04. The van der Waals surface area contributed by atoms with Crippen LogP contribution < -0.4 is 0 Å². The van der Waals surface area contributed by atoms with E-state index in [1.54, 1.807) is 0 Å². The van der Waals surface area contributed by atoms with Gasteiger partial charge in [-0.15, -0.1) is 11.8 Å². The lowest BCUT2D eigenvalue weighted by molar-refractivity contribution is 0.720. The van der Waals surface area contributed by atoms with E-state index in [0.717, 1.165) is 0 Å². The van der Waals surface area contributed by atoms with Crippen LogP contribution >= 0.6 is 11.8 Å². The summed E-state index contributed by atoms with van der Waals surface area (Å²) in [6.07, 6.45) is 1.28. The zero-order chi connectivity index (χ0) is 10.8. The van der Waals surface area contributed by atoms with Crippen molar-refractivity contribution in [3.8, 4) is 0 Å². The van der Waals surface area contributed by atoms with Gasteiger partial charge in [0.05, 0.1) is 0 Å². The van der Waals surface area contributed by atoms with Crippen molar-refractivity contribution in [2.45, 2.75) is 16.9 Å². The standard InChI is InChI=1S/C15H14S/c1-3-7-12(8-4-1)14-11-15(16-14)13-9-5-2-6-10-13/h1-10,14-15H,11H2/t14-,15-/m0/s1. The quantitative estimate of drug-likeness (QED) is 0.720. The van der Waals surface area contributed by atoms with Crippen molar-refractivity contribution in [3.63, 3.8) is 0 Å². The molecule has 1 heterocycles. The van der Waals surface area contributed by atoms with E-state index in [1.807, 2.05) is 0 Å². The van der Waals surface area contributed by atoms with Gasteiger partial charge < -0.3 is 0 Å². The number of benzene rings is 2. The van der Waals surface area contributed by atoms with Crippen molar-refractivity contribution in [1.82, 2.24) is 0 Å². The predicted octanol–water partition coefficient (Wildman–Crippen LogP) is 4.61. The van der Waals surface area contributed by atoms with E-state index in [0.29, 0.717) is 10.5 Å². The van der Waals surface area contributed by atoms with Gasteiger partial charge in [-0.25, -0.2) is 0 Å². The summed E-state index contributed by atoms with van der Waals surface area (Å²) < 4.78 is 0. The van der Waals surface area contributed by atoms with Gasteiger partial charge in [0.2, 0.25) is 0 Å². The number of hydrogen-bond acceptors (Lipinski definition) is 1. The fourth-order valence-corrected chi connectivity index (χ4v) is 3.42. The molecule has 0 radical (unpaired) electrons. The molecule has 0 aromatic heterocycles. The molecule has 1 aliphatic rings. The summed E-state index contributed by atoms with van der Waals surface area (Å²) in [5.74, 6) is 0. The Balaban J connectivity index is 1.68. The Kier molecular flexibility index (Phi) is 2.71. The molecule has 80 valence electrons. The molecule has 2 atom stereocenters. The Morgan fingerprint density at radius 3 is 1.44 bits per heavy atom. The van der Waals surface area contributed by atoms with Crippen molar-refractivity contribution in [2.75, 3.05) is 0 Å². The summed E-state index contributed by atoms with van der Waals surface area (Å²) >= 11 is 2.08. The minimum absolute atomic E-state index is 0.700. The summed E-state index contributed by atoms with van der Waals surface area (Å²) in [4.78, 5) is 0. The second kappa shape index (κ2) is 4.34. The second-order valence-corrected chi connectivity index (χ2v) is 5.58. The number of rotatable bonds is 2. The fourth-order valence-electron chi connectivity index (χ4n) is 2.15. The minimum atomic E-state index is 0.700. The summed E-state index contributed by atoms with van der Waals surface area (Å²) in [6, 6.07) is 21.6. The molecule has 0 unspecified atom stereocenters. The average molecular weight is 226 g/mol. The predicted molar refractivity (Wildman–Crippen MR) is 70.6 cm³/mol. The third kappa shape index (κ3) is 1.88. The van der Waals surface area contributed by atoms with Gasteiger partial charge in [0, 0.05) is 10.5 Å². The van der Waals surface area contributed by atoms with Crippen LogP contribution in [0.3, 0.4) is 0 Å². The monoisotopic (exact) mass is 226 g/mol. The molecule has 1 aliphatic heterocycles. The van der Waals surface area contributed by atoms with Gasteiger partial charge >= 0.3 is 0 Å². The molecular formula is C15H14S. The highest BCUT2D eigenvalue weighted by atomic mass is 32.2. The van der Waals surface area contributed by atoms with E-state index in [2.05, 4.69) is 72.4 Å². The van der Waals surface area contributed by atoms with Crippen molar-refractivity contribution in [2.24, 2.45) is 0 Å². The van der Waals surface area contributed by atoms with E-state index < -0.39 is 0 Å². The smallest absolute Gasteiger partial charge is 0.0317 e. The Bertz CT molecular complexity index is 400. The first-order valence-electron chi connectivity index (χ1n) is 5.69. The summed E-state index contributed by atoms with van der Waals surface area (Å²) in [5.41, 5.74) is 2.94. The van der Waals surface area contributed by atoms with E-state index in [4.69, 9.17) is 0 Å². The fraction of sp³-hybridized carbons (Fsp3) is 0.200. The second-order valence-electron chi connectivity index (χ2n) is 4.17. The highest BCUT2D eigenvalue weighted by Gasteiger charge is 2.31. The Labute approximate surface area is 101 Å². The van der Waals surface area contributed by atoms with Gasteiger partial charge in [0.15, 0.2) is 0 Å². The Morgan fingerprint density at radius 2 is 1.06 bits per heavy atom. The lowest BCUT2D eigenvalue weighted by atomic mass is 10.0. The van der Waals surface area contributed by atoms with Gasteiger partial charge in [-0.1, -0.05) is 60.7 Å². The van der Waals surface area contributed by atoms with Crippen molar-refractivity contribution >= 4 is 11.8 Å². The van der Waals surface area contributed by atoms with Crippen LogP contribution in [0.2, 0.25) is 0 Å². The highest BCUT2D eigenvalue weighted by Crippen LogP contribution is 2.56. The molecule has 0 spiro atoms. The molecule has 1 fully saturated rings. The molecular weight excluding hydrogens is 212 g/mol. The van der Waals surface area contributed by atoms with Crippen LogP contribution in [0.25, 0.3) is 0 Å². The molecule has 0 aliphatic carbocycles. The minimum Gasteiger partial charge on any atom is -0.145 e. The van der Waals surface area contributed by atoms with Crippen LogP contribution in [0.4, 0.5) is 0 Å². The number of hydrogen-bond donors (Lipinski definition) is 0. The first-order valence-corrected chi connectivity index (χ1v) is 6.63. The largest absolute Gasteiger partial charge is 0.145 e. The van der Waals surface area contributed by atoms with E-state index >= 15 is 0 Å². The normalized spacial score (nSPS) is 23.8. The van der Waals surface area contributed by atoms with Crippen LogP contribution in [0.5, 0.6) is 0 Å². The molecule has 1 heteroatoms. The molecule has 0 saturated carbocycles. The molecule has 0 bridgehead atoms. The van der Waals surface area contributed by atoms with Gasteiger partial charge in [-0.3, -0.25) is 0 Å². The molecule has 2 aromatic carbocycles. The summed E-state index contributed by atoms with van der Waals surface area (Å²) in [7, 11) is 0. The van der Waals surface area contributed by atoms with Gasteiger partial charge in [0.25, 0.3) is 0 Å². The maximum absolute atomic E-state index is 2.24.